The second-order valence-corrected chi connectivity index (χ2v) is 3.94. The fourth-order valence-electron chi connectivity index (χ4n) is 1.48. The molecule has 0 saturated heterocycles. The zero-order valence-electron chi connectivity index (χ0n) is 8.50. The van der Waals surface area contributed by atoms with Crippen LogP contribution in [-0.4, -0.2) is 19.6 Å². The Morgan fingerprint density at radius 3 is 2.57 bits per heavy atom. The summed E-state index contributed by atoms with van der Waals surface area (Å²) in [7, 11) is 0. The lowest BCUT2D eigenvalue weighted by Gasteiger charge is -2.06. The summed E-state index contributed by atoms with van der Waals surface area (Å²) in [4.78, 5) is 0. The molecule has 0 amide bonds. The highest BCUT2D eigenvalue weighted by molar-refractivity contribution is 5.42. The first kappa shape index (κ1) is 9.53. The smallest absolute Gasteiger partial charge is 0.0340 e. The minimum absolute atomic E-state index is 0.978. The molecule has 2 N–H and O–H groups in total. The molecule has 0 spiro atoms. The molecule has 0 aromatic heterocycles. The van der Waals surface area contributed by atoms with E-state index in [0.717, 1.165) is 19.0 Å². The molecule has 14 heavy (non-hydrogen) atoms. The SMILES string of the molecule is c1ccc(NCCNCC2CC2)cc1. The molecular weight excluding hydrogens is 172 g/mol. The molecule has 1 aliphatic carbocycles. The third kappa shape index (κ3) is 3.38. The van der Waals surface area contributed by atoms with E-state index in [1.165, 1.54) is 25.1 Å². The van der Waals surface area contributed by atoms with E-state index in [2.05, 4.69) is 34.9 Å². The van der Waals surface area contributed by atoms with E-state index in [-0.39, 0.29) is 0 Å². The predicted octanol–water partition coefficient (Wildman–Crippen LogP) is 2.10. The molecule has 2 nitrogen and oxygen atoms in total. The Hall–Kier alpha value is -1.02. The molecule has 0 heterocycles. The lowest BCUT2D eigenvalue weighted by molar-refractivity contribution is 0.650. The Morgan fingerprint density at radius 1 is 1.07 bits per heavy atom. The number of hydrogen-bond donors (Lipinski definition) is 2. The molecule has 1 aromatic rings. The third-order valence-electron chi connectivity index (χ3n) is 2.53. The summed E-state index contributed by atoms with van der Waals surface area (Å²) < 4.78 is 0. The summed E-state index contributed by atoms with van der Waals surface area (Å²) in [6, 6.07) is 10.3. The van der Waals surface area contributed by atoms with Crippen molar-refractivity contribution in [3.8, 4) is 0 Å². The fourth-order valence-corrected chi connectivity index (χ4v) is 1.48. The zero-order chi connectivity index (χ0) is 9.64. The molecule has 1 saturated carbocycles. The molecule has 0 radical (unpaired) electrons. The molecule has 1 aliphatic rings. The number of nitrogens with one attached hydrogen (secondary N) is 2. The van der Waals surface area contributed by atoms with Crippen molar-refractivity contribution >= 4 is 5.69 Å². The van der Waals surface area contributed by atoms with Gasteiger partial charge < -0.3 is 10.6 Å². The maximum atomic E-state index is 3.46. The van der Waals surface area contributed by atoms with Crippen molar-refractivity contribution < 1.29 is 0 Å². The summed E-state index contributed by atoms with van der Waals surface area (Å²) >= 11 is 0. The average Bonchev–Trinajstić information content (AvgIpc) is 3.03. The normalized spacial score (nSPS) is 15.4. The lowest BCUT2D eigenvalue weighted by Crippen LogP contribution is -2.24. The maximum Gasteiger partial charge on any atom is 0.0340 e. The quantitative estimate of drug-likeness (QED) is 0.671. The number of rotatable bonds is 6. The molecule has 0 unspecified atom stereocenters. The van der Waals surface area contributed by atoms with Gasteiger partial charge in [0.1, 0.15) is 0 Å². The van der Waals surface area contributed by atoms with Gasteiger partial charge in [-0.3, -0.25) is 0 Å². The highest BCUT2D eigenvalue weighted by atomic mass is 14.9. The fraction of sp³-hybridized carbons (Fsp3) is 0.500. The van der Waals surface area contributed by atoms with Gasteiger partial charge in [-0.05, 0) is 37.4 Å². The molecule has 0 bridgehead atoms. The number of benzene rings is 1. The van der Waals surface area contributed by atoms with Gasteiger partial charge in [0.05, 0.1) is 0 Å². The summed E-state index contributed by atoms with van der Waals surface area (Å²) in [6.45, 7) is 3.28. The van der Waals surface area contributed by atoms with E-state index >= 15 is 0 Å². The first-order chi connectivity index (χ1) is 6.95. The van der Waals surface area contributed by atoms with E-state index in [1.54, 1.807) is 0 Å². The molecule has 0 atom stereocenters. The first-order valence-electron chi connectivity index (χ1n) is 5.45. The van der Waals surface area contributed by atoms with Crippen molar-refractivity contribution in [2.45, 2.75) is 12.8 Å². The summed E-state index contributed by atoms with van der Waals surface area (Å²) in [5.74, 6) is 0.978. The molecular formula is C12H18N2. The largest absolute Gasteiger partial charge is 0.384 e. The Balaban J connectivity index is 1.54. The van der Waals surface area contributed by atoms with Crippen LogP contribution in [0.4, 0.5) is 5.69 Å². The highest BCUT2D eigenvalue weighted by Gasteiger charge is 2.19. The summed E-state index contributed by atoms with van der Waals surface area (Å²) in [5, 5.41) is 6.83. The van der Waals surface area contributed by atoms with Crippen LogP contribution < -0.4 is 10.6 Å². The molecule has 2 rings (SSSR count). The summed E-state index contributed by atoms with van der Waals surface area (Å²) in [5.41, 5.74) is 1.21. The highest BCUT2D eigenvalue weighted by Crippen LogP contribution is 2.27. The zero-order valence-corrected chi connectivity index (χ0v) is 8.50. The van der Waals surface area contributed by atoms with E-state index in [4.69, 9.17) is 0 Å². The van der Waals surface area contributed by atoms with Crippen molar-refractivity contribution in [3.63, 3.8) is 0 Å². The Morgan fingerprint density at radius 2 is 1.86 bits per heavy atom. The number of anilines is 1. The number of para-hydroxylation sites is 1. The Bertz CT molecular complexity index is 254. The standard InChI is InChI=1S/C12H18N2/c1-2-4-12(5-3-1)14-9-8-13-10-11-6-7-11/h1-5,11,13-14H,6-10H2. The Labute approximate surface area is 85.7 Å². The second-order valence-electron chi connectivity index (χ2n) is 3.94. The van der Waals surface area contributed by atoms with Crippen molar-refractivity contribution in [2.24, 2.45) is 5.92 Å². The maximum absolute atomic E-state index is 3.46. The minimum atomic E-state index is 0.978. The van der Waals surface area contributed by atoms with Gasteiger partial charge in [0.2, 0.25) is 0 Å². The van der Waals surface area contributed by atoms with Crippen molar-refractivity contribution in [3.05, 3.63) is 30.3 Å². The minimum Gasteiger partial charge on any atom is -0.384 e. The molecule has 0 aliphatic heterocycles. The topological polar surface area (TPSA) is 24.1 Å². The van der Waals surface area contributed by atoms with E-state index < -0.39 is 0 Å². The van der Waals surface area contributed by atoms with E-state index in [0.29, 0.717) is 0 Å². The van der Waals surface area contributed by atoms with E-state index in [1.807, 2.05) is 6.07 Å². The van der Waals surface area contributed by atoms with Crippen molar-refractivity contribution in [1.29, 1.82) is 0 Å². The third-order valence-corrected chi connectivity index (χ3v) is 2.53. The van der Waals surface area contributed by atoms with Gasteiger partial charge in [-0.25, -0.2) is 0 Å². The van der Waals surface area contributed by atoms with Crippen LogP contribution in [0.5, 0.6) is 0 Å². The molecule has 1 fully saturated rings. The lowest BCUT2D eigenvalue weighted by atomic mass is 10.3. The van der Waals surface area contributed by atoms with Crippen molar-refractivity contribution in [1.82, 2.24) is 5.32 Å². The van der Waals surface area contributed by atoms with Crippen LogP contribution in [0.1, 0.15) is 12.8 Å². The average molecular weight is 190 g/mol. The second kappa shape index (κ2) is 5.01. The van der Waals surface area contributed by atoms with Gasteiger partial charge in [0, 0.05) is 18.8 Å². The van der Waals surface area contributed by atoms with Crippen LogP contribution in [0.15, 0.2) is 30.3 Å². The van der Waals surface area contributed by atoms with Crippen LogP contribution in [0.25, 0.3) is 0 Å². The van der Waals surface area contributed by atoms with Gasteiger partial charge >= 0.3 is 0 Å². The monoisotopic (exact) mass is 190 g/mol. The van der Waals surface area contributed by atoms with E-state index in [9.17, 15) is 0 Å². The molecule has 1 aromatic carbocycles. The first-order valence-corrected chi connectivity index (χ1v) is 5.45. The van der Waals surface area contributed by atoms with Gasteiger partial charge in [-0.15, -0.1) is 0 Å². The summed E-state index contributed by atoms with van der Waals surface area (Å²) in [6.07, 6.45) is 2.86. The number of hydrogen-bond acceptors (Lipinski definition) is 2. The van der Waals surface area contributed by atoms with Crippen LogP contribution in [0.3, 0.4) is 0 Å². The van der Waals surface area contributed by atoms with Crippen LogP contribution in [0, 0.1) is 5.92 Å². The van der Waals surface area contributed by atoms with Crippen molar-refractivity contribution in [2.75, 3.05) is 25.0 Å². The predicted molar refractivity (Wildman–Crippen MR) is 60.5 cm³/mol. The van der Waals surface area contributed by atoms with Crippen LogP contribution in [0.2, 0.25) is 0 Å². The van der Waals surface area contributed by atoms with Gasteiger partial charge in [-0.2, -0.15) is 0 Å². The van der Waals surface area contributed by atoms with Crippen LogP contribution >= 0.6 is 0 Å². The Kier molecular flexibility index (Phi) is 3.41. The van der Waals surface area contributed by atoms with Gasteiger partial charge in [0.15, 0.2) is 0 Å². The molecule has 76 valence electrons. The van der Waals surface area contributed by atoms with Gasteiger partial charge in [0.25, 0.3) is 0 Å². The van der Waals surface area contributed by atoms with Gasteiger partial charge in [-0.1, -0.05) is 18.2 Å². The molecule has 2 heteroatoms. The van der Waals surface area contributed by atoms with Crippen LogP contribution in [-0.2, 0) is 0 Å².